The molecule has 5 rings (SSSR count). The molecule has 198 valence electrons. The van der Waals surface area contributed by atoms with Crippen LogP contribution in [0.1, 0.15) is 33.3 Å². The molecule has 0 aliphatic heterocycles. The fourth-order valence-corrected chi connectivity index (χ4v) is 3.57. The third-order valence-electron chi connectivity index (χ3n) is 5.45. The van der Waals surface area contributed by atoms with Crippen molar-refractivity contribution in [3.8, 4) is 0 Å². The number of furan rings is 2. The molecular formula is C23H20N10O6. The smallest absolute Gasteiger partial charge is 0.335 e. The molecular weight excluding hydrogens is 512 g/mol. The fourth-order valence-electron chi connectivity index (χ4n) is 3.57. The van der Waals surface area contributed by atoms with Crippen molar-refractivity contribution in [2.45, 2.75) is 12.8 Å². The molecule has 4 heterocycles. The number of rotatable bonds is 9. The standard InChI is InChI=1S/C23H20N10O6/c24-32-19(34)17(10-15-3-1-5-38-15)28-30-22(32)26-13-7-12(21(36)37)8-14(9-13)27-23-31-29-18(20(35)33(23)25)11-16-4-2-6-39-16/h1-9H,10-11,24-25H2,(H,26,30)(H,27,31)(H,36,37). The molecule has 0 unspecified atom stereocenters. The van der Waals surface area contributed by atoms with Crippen LogP contribution in [0.2, 0.25) is 0 Å². The molecule has 4 aromatic heterocycles. The lowest BCUT2D eigenvalue weighted by Crippen LogP contribution is -2.34. The first-order valence-electron chi connectivity index (χ1n) is 11.2. The molecule has 7 N–H and O–H groups in total. The lowest BCUT2D eigenvalue weighted by atomic mass is 10.1. The number of carboxylic acid groups (broad SMARTS) is 1. The van der Waals surface area contributed by atoms with Crippen LogP contribution in [0.25, 0.3) is 0 Å². The Hall–Kier alpha value is -5.93. The van der Waals surface area contributed by atoms with Crippen LogP contribution in [0, 0.1) is 0 Å². The maximum Gasteiger partial charge on any atom is 0.335 e. The maximum atomic E-state index is 12.7. The van der Waals surface area contributed by atoms with Crippen LogP contribution in [-0.2, 0) is 12.8 Å². The van der Waals surface area contributed by atoms with Crippen LogP contribution in [0.3, 0.4) is 0 Å². The number of hydrogen-bond acceptors (Lipinski definition) is 13. The van der Waals surface area contributed by atoms with Gasteiger partial charge in [0.1, 0.15) is 22.9 Å². The van der Waals surface area contributed by atoms with E-state index >= 15 is 0 Å². The third kappa shape index (κ3) is 5.29. The summed E-state index contributed by atoms with van der Waals surface area (Å²) in [5.41, 5.74) is -0.953. The average Bonchev–Trinajstić information content (AvgIpc) is 3.63. The first-order valence-corrected chi connectivity index (χ1v) is 11.2. The number of carbonyl (C=O) groups is 1. The van der Waals surface area contributed by atoms with E-state index in [1.54, 1.807) is 24.3 Å². The van der Waals surface area contributed by atoms with Gasteiger partial charge in [0.2, 0.25) is 11.9 Å². The van der Waals surface area contributed by atoms with E-state index < -0.39 is 17.1 Å². The minimum absolute atomic E-state index is 0.0506. The van der Waals surface area contributed by atoms with Gasteiger partial charge in [0.05, 0.1) is 30.9 Å². The second-order valence-corrected chi connectivity index (χ2v) is 8.16. The van der Waals surface area contributed by atoms with Gasteiger partial charge in [0.15, 0.2) is 0 Å². The molecule has 0 amide bonds. The van der Waals surface area contributed by atoms with Crippen molar-refractivity contribution in [3.05, 3.63) is 104 Å². The summed E-state index contributed by atoms with van der Waals surface area (Å²) in [6.07, 6.45) is 3.10. The Morgan fingerprint density at radius 1 is 0.795 bits per heavy atom. The van der Waals surface area contributed by atoms with Crippen LogP contribution in [0.5, 0.6) is 0 Å². The summed E-state index contributed by atoms with van der Waals surface area (Å²) < 4.78 is 11.9. The molecule has 5 aromatic rings. The Morgan fingerprint density at radius 2 is 1.26 bits per heavy atom. The molecule has 0 aliphatic rings. The molecule has 0 saturated carbocycles. The van der Waals surface area contributed by atoms with Crippen LogP contribution in [0.4, 0.5) is 23.3 Å². The zero-order valence-electron chi connectivity index (χ0n) is 19.9. The second-order valence-electron chi connectivity index (χ2n) is 8.16. The number of nitrogens with two attached hydrogens (primary N) is 2. The topological polar surface area (TPSA) is 235 Å². The monoisotopic (exact) mass is 532 g/mol. The van der Waals surface area contributed by atoms with Gasteiger partial charge in [0.25, 0.3) is 11.1 Å². The predicted molar refractivity (Wildman–Crippen MR) is 136 cm³/mol. The molecule has 0 saturated heterocycles. The summed E-state index contributed by atoms with van der Waals surface area (Å²) >= 11 is 0. The van der Waals surface area contributed by atoms with Crippen molar-refractivity contribution >= 4 is 29.2 Å². The zero-order chi connectivity index (χ0) is 27.5. The van der Waals surface area contributed by atoms with Crippen LogP contribution in [0.15, 0.2) is 73.4 Å². The average molecular weight is 532 g/mol. The Labute approximate surface area is 217 Å². The molecule has 16 nitrogen and oxygen atoms in total. The summed E-state index contributed by atoms with van der Waals surface area (Å²) in [6.45, 7) is 0. The van der Waals surface area contributed by atoms with Gasteiger partial charge in [-0.05, 0) is 42.5 Å². The molecule has 0 fully saturated rings. The quantitative estimate of drug-likeness (QED) is 0.163. The Bertz CT molecular complexity index is 1640. The van der Waals surface area contributed by atoms with Crippen molar-refractivity contribution < 1.29 is 18.7 Å². The summed E-state index contributed by atoms with van der Waals surface area (Å²) in [7, 11) is 0. The minimum atomic E-state index is -1.25. The summed E-state index contributed by atoms with van der Waals surface area (Å²) in [5, 5.41) is 30.9. The summed E-state index contributed by atoms with van der Waals surface area (Å²) in [6, 6.07) is 10.7. The Morgan fingerprint density at radius 3 is 1.64 bits per heavy atom. The molecule has 16 heteroatoms. The molecule has 1 aromatic carbocycles. The lowest BCUT2D eigenvalue weighted by Gasteiger charge is -2.14. The number of nitrogens with zero attached hydrogens (tertiary/aromatic N) is 6. The first-order chi connectivity index (χ1) is 18.8. The van der Waals surface area contributed by atoms with Gasteiger partial charge in [-0.15, -0.1) is 20.4 Å². The van der Waals surface area contributed by atoms with E-state index in [0.717, 1.165) is 9.35 Å². The molecule has 0 atom stereocenters. The van der Waals surface area contributed by atoms with E-state index in [4.69, 9.17) is 20.5 Å². The van der Waals surface area contributed by atoms with Crippen LogP contribution in [-0.4, -0.2) is 40.8 Å². The van der Waals surface area contributed by atoms with Gasteiger partial charge in [-0.1, -0.05) is 0 Å². The lowest BCUT2D eigenvalue weighted by molar-refractivity contribution is 0.0697. The number of nitrogen functional groups attached to an aromatic ring is 2. The largest absolute Gasteiger partial charge is 0.478 e. The van der Waals surface area contributed by atoms with Crippen molar-refractivity contribution in [2.24, 2.45) is 0 Å². The van der Waals surface area contributed by atoms with Crippen molar-refractivity contribution in [1.29, 1.82) is 0 Å². The highest BCUT2D eigenvalue weighted by Gasteiger charge is 2.16. The highest BCUT2D eigenvalue weighted by atomic mass is 16.4. The van der Waals surface area contributed by atoms with Gasteiger partial charge in [0, 0.05) is 11.4 Å². The fraction of sp³-hybridized carbons (Fsp3) is 0.0870. The van der Waals surface area contributed by atoms with E-state index in [9.17, 15) is 19.5 Å². The summed E-state index contributed by atoms with van der Waals surface area (Å²) in [4.78, 5) is 37.1. The van der Waals surface area contributed by atoms with Gasteiger partial charge < -0.3 is 36.3 Å². The number of nitrogens with one attached hydrogen (secondary N) is 2. The van der Waals surface area contributed by atoms with Crippen molar-refractivity contribution in [3.63, 3.8) is 0 Å². The van der Waals surface area contributed by atoms with Crippen LogP contribution < -0.4 is 33.4 Å². The number of aromatic carboxylic acids is 1. The van der Waals surface area contributed by atoms with Gasteiger partial charge in [-0.25, -0.2) is 4.79 Å². The Balaban J connectivity index is 1.41. The van der Waals surface area contributed by atoms with Gasteiger partial charge >= 0.3 is 5.97 Å². The molecule has 0 aliphatic carbocycles. The SMILES string of the molecule is Nn1c(Nc2cc(Nc3nnc(Cc4ccco4)c(=O)n3N)cc(C(=O)O)c2)nnc(Cc2ccco2)c1=O. The highest BCUT2D eigenvalue weighted by molar-refractivity contribution is 5.91. The molecule has 0 radical (unpaired) electrons. The van der Waals surface area contributed by atoms with Gasteiger partial charge in [-0.3, -0.25) is 9.59 Å². The second kappa shape index (κ2) is 10.2. The van der Waals surface area contributed by atoms with E-state index in [1.165, 1.54) is 30.7 Å². The molecule has 39 heavy (non-hydrogen) atoms. The van der Waals surface area contributed by atoms with E-state index in [0.29, 0.717) is 11.5 Å². The molecule has 0 bridgehead atoms. The zero-order valence-corrected chi connectivity index (χ0v) is 19.9. The normalized spacial score (nSPS) is 10.9. The molecule has 0 spiro atoms. The number of aromatic nitrogens is 6. The van der Waals surface area contributed by atoms with Crippen LogP contribution >= 0.6 is 0 Å². The number of carboxylic acids is 1. The number of anilines is 4. The van der Waals surface area contributed by atoms with E-state index in [1.807, 2.05) is 0 Å². The van der Waals surface area contributed by atoms with Crippen molar-refractivity contribution in [2.75, 3.05) is 22.3 Å². The predicted octanol–water partition coefficient (Wildman–Crippen LogP) is 0.571. The van der Waals surface area contributed by atoms with E-state index in [2.05, 4.69) is 31.0 Å². The Kier molecular flexibility index (Phi) is 6.48. The number of hydrogen-bond donors (Lipinski definition) is 5. The third-order valence-corrected chi connectivity index (χ3v) is 5.45. The first kappa shape index (κ1) is 24.8. The highest BCUT2D eigenvalue weighted by Crippen LogP contribution is 2.23. The minimum Gasteiger partial charge on any atom is -0.478 e. The summed E-state index contributed by atoms with van der Waals surface area (Å²) in [5.74, 6) is 11.3. The van der Waals surface area contributed by atoms with Crippen molar-refractivity contribution in [1.82, 2.24) is 29.7 Å². The maximum absolute atomic E-state index is 12.7. The van der Waals surface area contributed by atoms with E-state index in [-0.39, 0.29) is 53.1 Å². The van der Waals surface area contributed by atoms with Gasteiger partial charge in [-0.2, -0.15) is 9.35 Å². The number of benzene rings is 1.